The minimum Gasteiger partial charge on any atom is -0.493 e. The largest absolute Gasteiger partial charge is 0.493 e. The lowest BCUT2D eigenvalue weighted by Gasteiger charge is -2.32. The van der Waals surface area contributed by atoms with E-state index in [1.807, 2.05) is 6.07 Å². The van der Waals surface area contributed by atoms with Crippen molar-refractivity contribution in [3.8, 4) is 11.5 Å². The minimum atomic E-state index is -1.00. The van der Waals surface area contributed by atoms with Gasteiger partial charge in [0.1, 0.15) is 0 Å². The molecule has 2 heterocycles. The number of unbranched alkanes of at least 4 members (excludes halogenated alkanes) is 1. The second-order valence-corrected chi connectivity index (χ2v) is 8.53. The zero-order valence-electron chi connectivity index (χ0n) is 19.2. The third kappa shape index (κ3) is 5.06. The molecule has 8 heteroatoms. The monoisotopic (exact) mass is 453 g/mol. The zero-order chi connectivity index (χ0) is 23.4. The lowest BCUT2D eigenvalue weighted by atomic mass is 10.0. The number of piperidine rings is 1. The van der Waals surface area contributed by atoms with Gasteiger partial charge in [-0.25, -0.2) is 9.59 Å². The number of benzene rings is 2. The van der Waals surface area contributed by atoms with E-state index in [2.05, 4.69) is 28.9 Å². The average Bonchev–Trinajstić information content (AvgIpc) is 3.15. The van der Waals surface area contributed by atoms with Crippen LogP contribution in [0.25, 0.3) is 11.0 Å². The van der Waals surface area contributed by atoms with E-state index in [4.69, 9.17) is 9.47 Å². The number of imidazole rings is 1. The van der Waals surface area contributed by atoms with E-state index in [1.54, 1.807) is 23.8 Å². The fourth-order valence-electron chi connectivity index (χ4n) is 4.48. The Morgan fingerprint density at radius 2 is 1.94 bits per heavy atom. The van der Waals surface area contributed by atoms with Crippen LogP contribution in [-0.2, 0) is 6.54 Å². The van der Waals surface area contributed by atoms with E-state index in [9.17, 15) is 14.7 Å². The van der Waals surface area contributed by atoms with Crippen molar-refractivity contribution in [2.45, 2.75) is 45.2 Å². The predicted octanol–water partition coefficient (Wildman–Crippen LogP) is 4.05. The van der Waals surface area contributed by atoms with E-state index in [0.29, 0.717) is 12.1 Å². The number of methoxy groups -OCH3 is 1. The fourth-order valence-corrected chi connectivity index (χ4v) is 4.48. The second-order valence-electron chi connectivity index (χ2n) is 8.53. The maximum atomic E-state index is 12.6. The topological polar surface area (TPSA) is 96.8 Å². The molecular weight excluding hydrogens is 422 g/mol. The van der Waals surface area contributed by atoms with Crippen LogP contribution < -0.4 is 15.2 Å². The van der Waals surface area contributed by atoms with E-state index < -0.39 is 5.97 Å². The first kappa shape index (κ1) is 22.9. The molecule has 4 rings (SSSR count). The Hall–Kier alpha value is -3.26. The van der Waals surface area contributed by atoms with Gasteiger partial charge in [-0.15, -0.1) is 0 Å². The van der Waals surface area contributed by atoms with Gasteiger partial charge >= 0.3 is 11.7 Å². The molecule has 0 saturated carbocycles. The van der Waals surface area contributed by atoms with Gasteiger partial charge in [-0.2, -0.15) is 0 Å². The number of carboxylic acids is 1. The van der Waals surface area contributed by atoms with Crippen molar-refractivity contribution in [3.63, 3.8) is 0 Å². The summed E-state index contributed by atoms with van der Waals surface area (Å²) in [6, 6.07) is 11.0. The first-order valence-corrected chi connectivity index (χ1v) is 11.5. The molecule has 0 amide bonds. The highest BCUT2D eigenvalue weighted by atomic mass is 16.5. The lowest BCUT2D eigenvalue weighted by Crippen LogP contribution is -2.36. The summed E-state index contributed by atoms with van der Waals surface area (Å²) in [6.45, 7) is 5.36. The Balaban J connectivity index is 1.42. The molecule has 0 bridgehead atoms. The quantitative estimate of drug-likeness (QED) is 0.475. The van der Waals surface area contributed by atoms with E-state index in [0.717, 1.165) is 62.3 Å². The molecule has 1 aliphatic rings. The Bertz CT molecular complexity index is 1170. The normalized spacial score (nSPS) is 15.1. The molecule has 1 saturated heterocycles. The average molecular weight is 454 g/mol. The number of hydrogen-bond donors (Lipinski definition) is 2. The van der Waals surface area contributed by atoms with Crippen molar-refractivity contribution < 1.29 is 19.4 Å². The van der Waals surface area contributed by atoms with Crippen LogP contribution >= 0.6 is 0 Å². The molecule has 0 radical (unpaired) electrons. The van der Waals surface area contributed by atoms with Crippen molar-refractivity contribution in [1.29, 1.82) is 0 Å². The Labute approximate surface area is 192 Å². The van der Waals surface area contributed by atoms with Crippen LogP contribution in [-0.4, -0.2) is 52.3 Å². The Morgan fingerprint density at radius 3 is 2.64 bits per heavy atom. The SMILES string of the molecule is CCCCOc1cc(CN2CCC(n3c(=O)[nH]c4cc(C(=O)O)ccc43)CC2)ccc1OC. The van der Waals surface area contributed by atoms with E-state index in [1.165, 1.54) is 11.6 Å². The number of nitrogens with one attached hydrogen (secondary N) is 1. The summed E-state index contributed by atoms with van der Waals surface area (Å²) in [7, 11) is 1.65. The molecule has 1 fully saturated rings. The Morgan fingerprint density at radius 1 is 1.15 bits per heavy atom. The standard InChI is InChI=1S/C25H31N3O5/c1-3-4-13-33-23-14-17(5-8-22(23)32-2)16-27-11-9-19(10-12-27)28-21-7-6-18(24(29)30)15-20(21)26-25(28)31/h5-8,14-15,19H,3-4,9-13,16H2,1-2H3,(H,26,31)(H,29,30). The number of carboxylic acid groups (broad SMARTS) is 1. The third-order valence-electron chi connectivity index (χ3n) is 6.28. The van der Waals surface area contributed by atoms with Gasteiger partial charge in [0, 0.05) is 25.7 Å². The number of aromatic carboxylic acids is 1. The van der Waals surface area contributed by atoms with Crippen LogP contribution in [0.5, 0.6) is 11.5 Å². The summed E-state index contributed by atoms with van der Waals surface area (Å²) in [4.78, 5) is 29.0. The number of hydrogen-bond acceptors (Lipinski definition) is 5. The van der Waals surface area contributed by atoms with E-state index in [-0.39, 0.29) is 17.3 Å². The number of likely N-dealkylation sites (tertiary alicyclic amines) is 1. The van der Waals surface area contributed by atoms with Crippen molar-refractivity contribution in [2.75, 3.05) is 26.8 Å². The van der Waals surface area contributed by atoms with E-state index >= 15 is 0 Å². The van der Waals surface area contributed by atoms with Gasteiger partial charge in [0.25, 0.3) is 0 Å². The highest BCUT2D eigenvalue weighted by molar-refractivity contribution is 5.92. The molecule has 1 aromatic heterocycles. The molecule has 3 aromatic rings. The number of rotatable bonds is 9. The summed E-state index contributed by atoms with van der Waals surface area (Å²) in [5.41, 5.74) is 2.48. The number of H-pyrrole nitrogens is 1. The van der Waals surface area contributed by atoms with Gasteiger partial charge in [0.05, 0.1) is 30.3 Å². The molecule has 0 atom stereocenters. The molecule has 8 nitrogen and oxygen atoms in total. The number of carbonyl (C=O) groups is 1. The fraction of sp³-hybridized carbons (Fsp3) is 0.440. The highest BCUT2D eigenvalue weighted by Gasteiger charge is 2.24. The number of nitrogens with zero attached hydrogens (tertiary/aromatic N) is 2. The van der Waals surface area contributed by atoms with Gasteiger partial charge in [-0.1, -0.05) is 19.4 Å². The highest BCUT2D eigenvalue weighted by Crippen LogP contribution is 2.30. The summed E-state index contributed by atoms with van der Waals surface area (Å²) >= 11 is 0. The maximum absolute atomic E-state index is 12.6. The number of fused-ring (bicyclic) bond motifs is 1. The van der Waals surface area contributed by atoms with Gasteiger partial charge in [0.15, 0.2) is 11.5 Å². The molecule has 176 valence electrons. The molecule has 0 spiro atoms. The zero-order valence-corrected chi connectivity index (χ0v) is 19.2. The summed E-state index contributed by atoms with van der Waals surface area (Å²) in [5, 5.41) is 9.20. The minimum absolute atomic E-state index is 0.0852. The number of aromatic nitrogens is 2. The summed E-state index contributed by atoms with van der Waals surface area (Å²) in [6.07, 6.45) is 3.79. The number of ether oxygens (including phenoxy) is 2. The van der Waals surface area contributed by atoms with Gasteiger partial charge in [-0.05, 0) is 55.2 Å². The van der Waals surface area contributed by atoms with Crippen LogP contribution in [0.1, 0.15) is 54.6 Å². The van der Waals surface area contributed by atoms with Crippen LogP contribution in [0.2, 0.25) is 0 Å². The molecule has 0 aliphatic carbocycles. The molecular formula is C25H31N3O5. The molecule has 33 heavy (non-hydrogen) atoms. The van der Waals surface area contributed by atoms with Crippen molar-refractivity contribution in [1.82, 2.24) is 14.5 Å². The lowest BCUT2D eigenvalue weighted by molar-refractivity contribution is 0.0697. The molecule has 2 aromatic carbocycles. The van der Waals surface area contributed by atoms with Gasteiger partial charge in [-0.3, -0.25) is 9.47 Å². The van der Waals surface area contributed by atoms with Crippen LogP contribution in [0.15, 0.2) is 41.2 Å². The molecule has 2 N–H and O–H groups in total. The van der Waals surface area contributed by atoms with Crippen LogP contribution in [0.3, 0.4) is 0 Å². The van der Waals surface area contributed by atoms with Crippen molar-refractivity contribution in [3.05, 3.63) is 58.0 Å². The Kier molecular flexibility index (Phi) is 7.03. The second kappa shape index (κ2) is 10.1. The molecule has 1 aliphatic heterocycles. The maximum Gasteiger partial charge on any atom is 0.335 e. The first-order chi connectivity index (χ1) is 16.0. The molecule has 0 unspecified atom stereocenters. The predicted molar refractivity (Wildman–Crippen MR) is 126 cm³/mol. The number of aromatic amines is 1. The van der Waals surface area contributed by atoms with Crippen molar-refractivity contribution >= 4 is 17.0 Å². The van der Waals surface area contributed by atoms with Gasteiger partial charge < -0.3 is 19.6 Å². The van der Waals surface area contributed by atoms with Crippen LogP contribution in [0.4, 0.5) is 0 Å². The smallest absolute Gasteiger partial charge is 0.335 e. The van der Waals surface area contributed by atoms with Gasteiger partial charge in [0.2, 0.25) is 0 Å². The third-order valence-corrected chi connectivity index (χ3v) is 6.28. The summed E-state index contributed by atoms with van der Waals surface area (Å²) < 4.78 is 13.1. The van der Waals surface area contributed by atoms with Crippen LogP contribution in [0, 0.1) is 0 Å². The van der Waals surface area contributed by atoms with Crippen molar-refractivity contribution in [2.24, 2.45) is 0 Å². The first-order valence-electron chi connectivity index (χ1n) is 11.5. The summed E-state index contributed by atoms with van der Waals surface area (Å²) in [5.74, 6) is 0.527.